The highest BCUT2D eigenvalue weighted by molar-refractivity contribution is 6.07. The Bertz CT molecular complexity index is 2120. The molecule has 8 rings (SSSR count). The van der Waals surface area contributed by atoms with Gasteiger partial charge in [0, 0.05) is 30.6 Å². The van der Waals surface area contributed by atoms with Crippen LogP contribution >= 0.6 is 0 Å². The summed E-state index contributed by atoms with van der Waals surface area (Å²) in [5, 5.41) is 8.36. The Morgan fingerprint density at radius 3 is 2.73 bits per heavy atom. The van der Waals surface area contributed by atoms with Crippen LogP contribution in [-0.4, -0.2) is 76.3 Å². The van der Waals surface area contributed by atoms with Gasteiger partial charge in [0.2, 0.25) is 5.91 Å². The van der Waals surface area contributed by atoms with Gasteiger partial charge < -0.3 is 39.7 Å². The van der Waals surface area contributed by atoms with Crippen LogP contribution in [0.5, 0.6) is 5.75 Å². The van der Waals surface area contributed by atoms with E-state index in [0.29, 0.717) is 12.5 Å². The van der Waals surface area contributed by atoms with Crippen LogP contribution < -0.4 is 15.4 Å². The number of fused-ring (bicyclic) bond motifs is 6. The lowest BCUT2D eigenvalue weighted by Gasteiger charge is -2.32. The van der Waals surface area contributed by atoms with Gasteiger partial charge in [-0.1, -0.05) is 32.0 Å². The number of hydrogen-bond acceptors (Lipinski definition) is 8. The lowest BCUT2D eigenvalue weighted by atomic mass is 9.92. The Kier molecular flexibility index (Phi) is 8.67. The minimum absolute atomic E-state index is 0.00243. The van der Waals surface area contributed by atoms with Gasteiger partial charge in [0.1, 0.15) is 30.0 Å². The van der Waals surface area contributed by atoms with Crippen LogP contribution in [0, 0.1) is 11.8 Å². The fourth-order valence-electron chi connectivity index (χ4n) is 8.16. The number of methoxy groups -OCH3 is 2. The largest absolute Gasteiger partial charge is 0.488 e. The van der Waals surface area contributed by atoms with E-state index in [9.17, 15) is 9.59 Å². The van der Waals surface area contributed by atoms with Gasteiger partial charge in [-0.15, -0.1) is 0 Å². The van der Waals surface area contributed by atoms with Gasteiger partial charge in [-0.05, 0) is 84.4 Å². The van der Waals surface area contributed by atoms with Gasteiger partial charge in [-0.25, -0.2) is 14.8 Å². The van der Waals surface area contributed by atoms with Crippen molar-refractivity contribution in [2.75, 3.05) is 27.4 Å². The van der Waals surface area contributed by atoms with E-state index in [4.69, 9.17) is 24.2 Å². The van der Waals surface area contributed by atoms with Crippen molar-refractivity contribution in [3.8, 4) is 28.1 Å². The molecule has 3 aliphatic rings. The molecule has 266 valence electrons. The molecule has 12 nitrogen and oxygen atoms in total. The van der Waals surface area contributed by atoms with Gasteiger partial charge in [0.05, 0.1) is 48.7 Å². The number of likely N-dealkylation sites (tertiary alicyclic amines) is 1. The van der Waals surface area contributed by atoms with Crippen molar-refractivity contribution in [1.82, 2.24) is 35.5 Å². The summed E-state index contributed by atoms with van der Waals surface area (Å²) >= 11 is 0. The SMILES string of the molecule is COCC1CNC(c2ncc(-c3ccc4c(c3)COc3cc5c(ccc6[nH]c(C7CCC(C)N7C(=O)C(NC(=O)OC)C(C)C)nc65)cc3-4)[nH]2)C1. The molecule has 2 aromatic heterocycles. The number of nitrogens with one attached hydrogen (secondary N) is 4. The maximum absolute atomic E-state index is 13.9. The third-order valence-electron chi connectivity index (χ3n) is 10.9. The molecule has 12 heteroatoms. The standard InChI is InChI=1S/C39H45N7O5/c1-20(2)34(45-39(48)50-5)38(47)46-21(3)6-11-32(46)37-42-29-10-8-23-14-28-26-9-7-24(13-25(26)19-51-33(28)15-27(23)35(29)44-37)31-17-41-36(43-31)30-12-22(16-40-30)18-49-4/h7-10,13-15,17,20-22,30,32,34,40H,6,11-12,16,18-19H2,1-5H3,(H,41,43)(H,42,44)(H,45,48). The summed E-state index contributed by atoms with van der Waals surface area (Å²) in [6, 6.07) is 14.2. The fourth-order valence-corrected chi connectivity index (χ4v) is 8.16. The van der Waals surface area contributed by atoms with Crippen molar-refractivity contribution in [3.63, 3.8) is 0 Å². The zero-order valence-corrected chi connectivity index (χ0v) is 29.7. The number of nitrogens with zero attached hydrogens (tertiary/aromatic N) is 3. The van der Waals surface area contributed by atoms with Crippen molar-refractivity contribution in [2.24, 2.45) is 11.8 Å². The zero-order chi connectivity index (χ0) is 35.4. The number of imidazole rings is 2. The normalized spacial score (nSPS) is 21.9. The van der Waals surface area contributed by atoms with Crippen LogP contribution in [0.3, 0.4) is 0 Å². The van der Waals surface area contributed by atoms with Crippen molar-refractivity contribution >= 4 is 33.8 Å². The molecule has 0 spiro atoms. The predicted molar refractivity (Wildman–Crippen MR) is 194 cm³/mol. The number of aromatic nitrogens is 4. The number of ether oxygens (including phenoxy) is 3. The number of carbonyl (C=O) groups is 2. The second-order valence-electron chi connectivity index (χ2n) is 14.6. The summed E-state index contributed by atoms with van der Waals surface area (Å²) in [7, 11) is 3.06. The van der Waals surface area contributed by atoms with Crippen LogP contribution in [0.1, 0.15) is 69.3 Å². The monoisotopic (exact) mass is 691 g/mol. The molecular formula is C39H45N7O5. The smallest absolute Gasteiger partial charge is 0.407 e. The summed E-state index contributed by atoms with van der Waals surface area (Å²) in [5.41, 5.74) is 7.14. The van der Waals surface area contributed by atoms with E-state index in [1.165, 1.54) is 7.11 Å². The third kappa shape index (κ3) is 5.99. The van der Waals surface area contributed by atoms with Crippen molar-refractivity contribution in [3.05, 3.63) is 65.9 Å². The summed E-state index contributed by atoms with van der Waals surface area (Å²) < 4.78 is 16.6. The number of alkyl carbamates (subject to hydrolysis) is 1. The molecule has 3 aromatic carbocycles. The van der Waals surface area contributed by atoms with Crippen LogP contribution in [0.4, 0.5) is 4.79 Å². The number of benzene rings is 3. The first-order valence-electron chi connectivity index (χ1n) is 17.9. The Morgan fingerprint density at radius 2 is 1.92 bits per heavy atom. The highest BCUT2D eigenvalue weighted by Crippen LogP contribution is 2.43. The highest BCUT2D eigenvalue weighted by atomic mass is 16.5. The van der Waals surface area contributed by atoms with Crippen molar-refractivity contribution in [1.29, 1.82) is 0 Å². The summed E-state index contributed by atoms with van der Waals surface area (Å²) in [6.45, 7) is 8.04. The second-order valence-corrected chi connectivity index (χ2v) is 14.6. The molecule has 0 aliphatic carbocycles. The molecular weight excluding hydrogens is 646 g/mol. The molecule has 0 bridgehead atoms. The molecule has 5 atom stereocenters. The summed E-state index contributed by atoms with van der Waals surface area (Å²) in [5.74, 6) is 2.78. The van der Waals surface area contributed by atoms with E-state index in [0.717, 1.165) is 99.6 Å². The average Bonchev–Trinajstić information content (AvgIpc) is 3.95. The molecule has 0 saturated carbocycles. The fraction of sp³-hybridized carbons (Fsp3) is 0.436. The molecule has 5 aromatic rings. The maximum atomic E-state index is 13.9. The first kappa shape index (κ1) is 33.2. The van der Waals surface area contributed by atoms with Gasteiger partial charge in [-0.2, -0.15) is 0 Å². The number of rotatable bonds is 8. The molecule has 2 fully saturated rings. The molecule has 4 N–H and O–H groups in total. The summed E-state index contributed by atoms with van der Waals surface area (Å²) in [6.07, 6.45) is 3.92. The quantitative estimate of drug-likeness (QED) is 0.146. The van der Waals surface area contributed by atoms with Gasteiger partial charge >= 0.3 is 6.09 Å². The van der Waals surface area contributed by atoms with E-state index in [1.807, 2.05) is 24.9 Å². The van der Waals surface area contributed by atoms with Crippen LogP contribution in [-0.2, 0) is 20.9 Å². The molecule has 2 amide bonds. The van der Waals surface area contributed by atoms with E-state index in [-0.39, 0.29) is 30.0 Å². The number of H-pyrrole nitrogens is 2. The Balaban J connectivity index is 1.07. The maximum Gasteiger partial charge on any atom is 0.407 e. The zero-order valence-electron chi connectivity index (χ0n) is 29.7. The second kappa shape index (κ2) is 13.3. The minimum Gasteiger partial charge on any atom is -0.488 e. The van der Waals surface area contributed by atoms with E-state index < -0.39 is 12.1 Å². The molecule has 5 unspecified atom stereocenters. The number of hydrogen-bond donors (Lipinski definition) is 4. The van der Waals surface area contributed by atoms with E-state index in [2.05, 4.69) is 70.0 Å². The van der Waals surface area contributed by atoms with Crippen LogP contribution in [0.25, 0.3) is 44.2 Å². The number of amides is 2. The van der Waals surface area contributed by atoms with Gasteiger partial charge in [0.25, 0.3) is 0 Å². The van der Waals surface area contributed by atoms with E-state index >= 15 is 0 Å². The topological polar surface area (TPSA) is 146 Å². The van der Waals surface area contributed by atoms with Crippen LogP contribution in [0.2, 0.25) is 0 Å². The first-order chi connectivity index (χ1) is 24.7. The molecule has 2 saturated heterocycles. The highest BCUT2D eigenvalue weighted by Gasteiger charge is 2.41. The molecule has 51 heavy (non-hydrogen) atoms. The van der Waals surface area contributed by atoms with Crippen molar-refractivity contribution in [2.45, 2.75) is 70.8 Å². The minimum atomic E-state index is -0.700. The van der Waals surface area contributed by atoms with E-state index in [1.54, 1.807) is 7.11 Å². The van der Waals surface area contributed by atoms with Crippen LogP contribution in [0.15, 0.2) is 48.7 Å². The third-order valence-corrected chi connectivity index (χ3v) is 10.9. The lowest BCUT2D eigenvalue weighted by Crippen LogP contribution is -2.52. The van der Waals surface area contributed by atoms with Crippen molar-refractivity contribution < 1.29 is 23.8 Å². The number of aromatic amines is 2. The Morgan fingerprint density at radius 1 is 1.06 bits per heavy atom. The molecule has 5 heterocycles. The first-order valence-corrected chi connectivity index (χ1v) is 17.9. The van der Waals surface area contributed by atoms with Gasteiger partial charge in [-0.3, -0.25) is 4.79 Å². The average molecular weight is 692 g/mol. The molecule has 3 aliphatic heterocycles. The predicted octanol–water partition coefficient (Wildman–Crippen LogP) is 6.40. The Labute approximate surface area is 296 Å². The number of carbonyl (C=O) groups excluding carboxylic acids is 2. The summed E-state index contributed by atoms with van der Waals surface area (Å²) in [4.78, 5) is 44.8. The van der Waals surface area contributed by atoms with Gasteiger partial charge in [0.15, 0.2) is 0 Å². The lowest BCUT2D eigenvalue weighted by molar-refractivity contribution is -0.137. The Hall–Kier alpha value is -4.94. The molecule has 0 radical (unpaired) electrons.